The molecule has 2 aromatic heterocycles. The number of ether oxygens (including phenoxy) is 1. The predicted octanol–water partition coefficient (Wildman–Crippen LogP) is 4.56. The second-order valence-corrected chi connectivity index (χ2v) is 7.73. The average molecular weight is 436 g/mol. The van der Waals surface area contributed by atoms with E-state index < -0.39 is 0 Å². The molecule has 1 N–H and O–H groups in total. The third-order valence-electron chi connectivity index (χ3n) is 5.21. The molecule has 0 unspecified atom stereocenters. The van der Waals surface area contributed by atoms with Crippen molar-refractivity contribution < 1.29 is 9.53 Å². The van der Waals surface area contributed by atoms with E-state index >= 15 is 0 Å². The highest BCUT2D eigenvalue weighted by molar-refractivity contribution is 6.31. The number of anilines is 1. The summed E-state index contributed by atoms with van der Waals surface area (Å²) in [6, 6.07) is 13.0. The van der Waals surface area contributed by atoms with E-state index in [9.17, 15) is 4.79 Å². The van der Waals surface area contributed by atoms with Crippen molar-refractivity contribution in [3.63, 3.8) is 0 Å². The van der Waals surface area contributed by atoms with Crippen LogP contribution in [0.2, 0.25) is 5.02 Å². The Morgan fingerprint density at radius 1 is 1.13 bits per heavy atom. The molecular formula is C23H22ClN5O2. The van der Waals surface area contributed by atoms with Crippen LogP contribution in [0.5, 0.6) is 5.75 Å². The van der Waals surface area contributed by atoms with E-state index in [2.05, 4.69) is 20.4 Å². The van der Waals surface area contributed by atoms with Gasteiger partial charge in [-0.05, 0) is 44.5 Å². The summed E-state index contributed by atoms with van der Waals surface area (Å²) in [4.78, 5) is 22.0. The van der Waals surface area contributed by atoms with Crippen LogP contribution in [0.3, 0.4) is 0 Å². The standard InChI is InChI=1S/C23H22ClN5O2/c1-13-7-5-6-8-17(13)22-27-23-25-14(2)18(15(3)29(23)28-22)12-21(30)26-19-11-16(24)9-10-20(19)31-4/h5-11H,12H2,1-4H3,(H,26,30). The van der Waals surface area contributed by atoms with E-state index in [1.54, 1.807) is 29.8 Å². The lowest BCUT2D eigenvalue weighted by Crippen LogP contribution is -2.18. The molecule has 0 spiro atoms. The molecule has 2 heterocycles. The van der Waals surface area contributed by atoms with Crippen LogP contribution in [0.1, 0.15) is 22.5 Å². The highest BCUT2D eigenvalue weighted by Crippen LogP contribution is 2.28. The maximum Gasteiger partial charge on any atom is 0.253 e. The van der Waals surface area contributed by atoms with Gasteiger partial charge in [0.15, 0.2) is 5.82 Å². The molecule has 7 nitrogen and oxygen atoms in total. The fourth-order valence-corrected chi connectivity index (χ4v) is 3.71. The Morgan fingerprint density at radius 3 is 2.65 bits per heavy atom. The van der Waals surface area contributed by atoms with Crippen molar-refractivity contribution in [2.45, 2.75) is 27.2 Å². The highest BCUT2D eigenvalue weighted by Gasteiger charge is 2.18. The van der Waals surface area contributed by atoms with Crippen molar-refractivity contribution >= 4 is 29.0 Å². The van der Waals surface area contributed by atoms with Gasteiger partial charge in [0.05, 0.1) is 19.2 Å². The number of amides is 1. The highest BCUT2D eigenvalue weighted by atomic mass is 35.5. The zero-order valence-corrected chi connectivity index (χ0v) is 18.5. The van der Waals surface area contributed by atoms with E-state index in [0.717, 1.165) is 28.1 Å². The van der Waals surface area contributed by atoms with Crippen LogP contribution >= 0.6 is 11.6 Å². The van der Waals surface area contributed by atoms with Crippen molar-refractivity contribution in [1.29, 1.82) is 0 Å². The molecule has 31 heavy (non-hydrogen) atoms. The molecule has 0 saturated carbocycles. The molecule has 0 saturated heterocycles. The molecule has 4 aromatic rings. The number of aromatic nitrogens is 4. The summed E-state index contributed by atoms with van der Waals surface area (Å²) in [6.45, 7) is 5.81. The fourth-order valence-electron chi connectivity index (χ4n) is 3.53. The summed E-state index contributed by atoms with van der Waals surface area (Å²) in [5, 5.41) is 8.03. The SMILES string of the molecule is COc1ccc(Cl)cc1NC(=O)Cc1c(C)nc2nc(-c3ccccc3C)nn2c1C. The number of nitrogens with one attached hydrogen (secondary N) is 1. The topological polar surface area (TPSA) is 81.4 Å². The summed E-state index contributed by atoms with van der Waals surface area (Å²) >= 11 is 6.06. The molecular weight excluding hydrogens is 414 g/mol. The van der Waals surface area contributed by atoms with E-state index in [1.807, 2.05) is 45.0 Å². The Morgan fingerprint density at radius 2 is 1.90 bits per heavy atom. The van der Waals surface area contributed by atoms with Gasteiger partial charge < -0.3 is 10.1 Å². The van der Waals surface area contributed by atoms with Crippen molar-refractivity contribution in [2.24, 2.45) is 0 Å². The summed E-state index contributed by atoms with van der Waals surface area (Å²) in [5.41, 5.74) is 4.92. The van der Waals surface area contributed by atoms with Crippen molar-refractivity contribution in [1.82, 2.24) is 19.6 Å². The summed E-state index contributed by atoms with van der Waals surface area (Å²) in [7, 11) is 1.54. The predicted molar refractivity (Wildman–Crippen MR) is 121 cm³/mol. The van der Waals surface area contributed by atoms with E-state index in [1.165, 1.54) is 0 Å². The van der Waals surface area contributed by atoms with Crippen molar-refractivity contribution in [2.75, 3.05) is 12.4 Å². The number of hydrogen-bond acceptors (Lipinski definition) is 5. The Bertz CT molecular complexity index is 1300. The molecule has 0 atom stereocenters. The number of benzene rings is 2. The van der Waals surface area contributed by atoms with Gasteiger partial charge >= 0.3 is 0 Å². The van der Waals surface area contributed by atoms with E-state index in [-0.39, 0.29) is 12.3 Å². The van der Waals surface area contributed by atoms with Crippen LogP contribution in [0.25, 0.3) is 17.2 Å². The van der Waals surface area contributed by atoms with Gasteiger partial charge in [-0.25, -0.2) is 9.50 Å². The summed E-state index contributed by atoms with van der Waals surface area (Å²) < 4.78 is 6.99. The summed E-state index contributed by atoms with van der Waals surface area (Å²) in [5.74, 6) is 1.46. The molecule has 158 valence electrons. The van der Waals surface area contributed by atoms with Gasteiger partial charge in [0.25, 0.3) is 5.78 Å². The third-order valence-corrected chi connectivity index (χ3v) is 5.44. The number of halogens is 1. The second-order valence-electron chi connectivity index (χ2n) is 7.29. The van der Waals surface area contributed by atoms with Gasteiger partial charge in [0, 0.05) is 27.5 Å². The third kappa shape index (κ3) is 4.09. The number of carbonyl (C=O) groups is 1. The number of nitrogens with zero attached hydrogens (tertiary/aromatic N) is 4. The van der Waals surface area contributed by atoms with Crippen LogP contribution in [-0.4, -0.2) is 32.6 Å². The zero-order chi connectivity index (χ0) is 22.1. The Balaban J connectivity index is 1.66. The minimum atomic E-state index is -0.202. The van der Waals surface area contributed by atoms with Crippen LogP contribution < -0.4 is 10.1 Å². The first kappa shape index (κ1) is 20.8. The Hall–Kier alpha value is -3.45. The first-order chi connectivity index (χ1) is 14.9. The van der Waals surface area contributed by atoms with Gasteiger partial charge in [-0.3, -0.25) is 4.79 Å². The number of hydrogen-bond donors (Lipinski definition) is 1. The number of carbonyl (C=O) groups excluding carboxylic acids is 1. The molecule has 4 rings (SSSR count). The molecule has 1 amide bonds. The lowest BCUT2D eigenvalue weighted by molar-refractivity contribution is -0.115. The van der Waals surface area contributed by atoms with E-state index in [0.29, 0.717) is 28.1 Å². The van der Waals surface area contributed by atoms with Crippen LogP contribution in [0.15, 0.2) is 42.5 Å². The monoisotopic (exact) mass is 435 g/mol. The first-order valence-electron chi connectivity index (χ1n) is 9.79. The largest absolute Gasteiger partial charge is 0.495 e. The molecule has 0 bridgehead atoms. The zero-order valence-electron chi connectivity index (χ0n) is 17.7. The van der Waals surface area contributed by atoms with Crippen LogP contribution in [-0.2, 0) is 11.2 Å². The Labute approximate surface area is 185 Å². The molecule has 0 aliphatic rings. The molecule has 8 heteroatoms. The maximum atomic E-state index is 12.8. The molecule has 0 radical (unpaired) electrons. The quantitative estimate of drug-likeness (QED) is 0.497. The second kappa shape index (κ2) is 8.35. The maximum absolute atomic E-state index is 12.8. The first-order valence-corrected chi connectivity index (χ1v) is 10.2. The van der Waals surface area contributed by atoms with Gasteiger partial charge in [-0.15, -0.1) is 5.10 Å². The minimum absolute atomic E-state index is 0.135. The van der Waals surface area contributed by atoms with Gasteiger partial charge in [0.1, 0.15) is 5.75 Å². The Kier molecular flexibility index (Phi) is 5.61. The smallest absolute Gasteiger partial charge is 0.253 e. The normalized spacial score (nSPS) is 11.0. The van der Waals surface area contributed by atoms with Gasteiger partial charge in [0.2, 0.25) is 5.91 Å². The van der Waals surface area contributed by atoms with Crippen molar-refractivity contribution in [3.05, 3.63) is 70.0 Å². The molecule has 0 aliphatic heterocycles. The number of methoxy groups -OCH3 is 1. The molecule has 0 aliphatic carbocycles. The number of rotatable bonds is 5. The number of fused-ring (bicyclic) bond motifs is 1. The van der Waals surface area contributed by atoms with Crippen LogP contribution in [0.4, 0.5) is 5.69 Å². The molecule has 2 aromatic carbocycles. The lowest BCUT2D eigenvalue weighted by Gasteiger charge is -2.13. The number of aryl methyl sites for hydroxylation is 3. The summed E-state index contributed by atoms with van der Waals surface area (Å²) in [6.07, 6.45) is 0.135. The minimum Gasteiger partial charge on any atom is -0.495 e. The van der Waals surface area contributed by atoms with Gasteiger partial charge in [-0.2, -0.15) is 4.98 Å². The van der Waals surface area contributed by atoms with Crippen molar-refractivity contribution in [3.8, 4) is 17.1 Å². The lowest BCUT2D eigenvalue weighted by atomic mass is 10.1. The van der Waals surface area contributed by atoms with E-state index in [4.69, 9.17) is 16.3 Å². The van der Waals surface area contributed by atoms with Crippen LogP contribution in [0, 0.1) is 20.8 Å². The fraction of sp³-hybridized carbons (Fsp3) is 0.217. The van der Waals surface area contributed by atoms with Gasteiger partial charge in [-0.1, -0.05) is 35.9 Å². The average Bonchev–Trinajstić information content (AvgIpc) is 3.15. The molecule has 0 fully saturated rings.